The normalized spacial score (nSPS) is 10.8. The number of anilines is 1. The van der Waals surface area contributed by atoms with E-state index < -0.39 is 0 Å². The molecule has 2 N–H and O–H groups in total. The van der Waals surface area contributed by atoms with Crippen LogP contribution in [0.5, 0.6) is 0 Å². The molecule has 0 bridgehead atoms. The quantitative estimate of drug-likeness (QED) is 0.552. The maximum atomic E-state index is 12.5. The first kappa shape index (κ1) is 16.5. The highest BCUT2D eigenvalue weighted by molar-refractivity contribution is 9.10. The molecule has 3 aromatic rings. The van der Waals surface area contributed by atoms with E-state index in [-0.39, 0.29) is 12.3 Å². The SMILES string of the molecule is Cc1ccc(C(=O)C[n+]2cc(-c3ccc(Br)cc3)n(C)c2N)cc1. The smallest absolute Gasteiger partial charge is 0.291 e. The van der Waals surface area contributed by atoms with Gasteiger partial charge in [-0.05, 0) is 19.1 Å². The number of nitrogen functional groups attached to an aromatic ring is 1. The van der Waals surface area contributed by atoms with Gasteiger partial charge in [0.05, 0.1) is 7.05 Å². The molecule has 0 spiro atoms. The number of benzene rings is 2. The first-order chi connectivity index (χ1) is 11.5. The molecule has 3 rings (SSSR count). The number of halogens is 1. The van der Waals surface area contributed by atoms with Gasteiger partial charge >= 0.3 is 5.95 Å². The maximum Gasteiger partial charge on any atom is 0.355 e. The van der Waals surface area contributed by atoms with Crippen molar-refractivity contribution in [2.75, 3.05) is 5.73 Å². The van der Waals surface area contributed by atoms with Gasteiger partial charge in [-0.3, -0.25) is 10.5 Å². The summed E-state index contributed by atoms with van der Waals surface area (Å²) >= 11 is 3.44. The average Bonchev–Trinajstić information content (AvgIpc) is 2.85. The van der Waals surface area contributed by atoms with Crippen LogP contribution in [0.3, 0.4) is 0 Å². The molecule has 5 heteroatoms. The minimum Gasteiger partial charge on any atom is -0.291 e. The molecule has 24 heavy (non-hydrogen) atoms. The second kappa shape index (κ2) is 6.61. The first-order valence-electron chi connectivity index (χ1n) is 7.66. The summed E-state index contributed by atoms with van der Waals surface area (Å²) in [5.74, 6) is 0.591. The number of hydrogen-bond donors (Lipinski definition) is 1. The molecular formula is C19H19BrN3O+. The molecule has 0 saturated carbocycles. The van der Waals surface area contributed by atoms with Crippen LogP contribution in [0.1, 0.15) is 15.9 Å². The van der Waals surface area contributed by atoms with Crippen LogP contribution >= 0.6 is 15.9 Å². The zero-order valence-electron chi connectivity index (χ0n) is 13.7. The summed E-state index contributed by atoms with van der Waals surface area (Å²) in [5.41, 5.74) is 10.0. The molecule has 0 aliphatic carbocycles. The Morgan fingerprint density at radius 3 is 2.38 bits per heavy atom. The van der Waals surface area contributed by atoms with Crippen molar-refractivity contribution in [1.29, 1.82) is 0 Å². The van der Waals surface area contributed by atoms with Gasteiger partial charge in [-0.25, -0.2) is 9.13 Å². The molecule has 122 valence electrons. The third-order valence-electron chi connectivity index (χ3n) is 4.10. The number of Topliss-reactive ketones (excluding diaryl/α,β-unsaturated/α-hetero) is 1. The van der Waals surface area contributed by atoms with Crippen molar-refractivity contribution >= 4 is 27.7 Å². The molecule has 0 aliphatic heterocycles. The number of rotatable bonds is 4. The number of nitrogens with two attached hydrogens (primary N) is 1. The van der Waals surface area contributed by atoms with Gasteiger partial charge in [0.2, 0.25) is 0 Å². The zero-order valence-corrected chi connectivity index (χ0v) is 15.2. The Balaban J connectivity index is 1.89. The van der Waals surface area contributed by atoms with Crippen LogP contribution in [0.4, 0.5) is 5.95 Å². The average molecular weight is 385 g/mol. The summed E-state index contributed by atoms with van der Waals surface area (Å²) in [4.78, 5) is 12.5. The van der Waals surface area contributed by atoms with E-state index in [4.69, 9.17) is 5.73 Å². The predicted molar refractivity (Wildman–Crippen MR) is 98.7 cm³/mol. The molecule has 0 saturated heterocycles. The van der Waals surface area contributed by atoms with Crippen LogP contribution in [0, 0.1) is 6.92 Å². The lowest BCUT2D eigenvalue weighted by molar-refractivity contribution is -0.667. The number of aryl methyl sites for hydroxylation is 1. The molecule has 0 unspecified atom stereocenters. The molecule has 1 aromatic heterocycles. The number of aromatic nitrogens is 2. The number of ketones is 1. The molecule has 0 amide bonds. The van der Waals surface area contributed by atoms with Crippen molar-refractivity contribution < 1.29 is 9.36 Å². The monoisotopic (exact) mass is 384 g/mol. The Bertz CT molecular complexity index is 880. The fraction of sp³-hybridized carbons (Fsp3) is 0.158. The number of carbonyl (C=O) groups excluding carboxylic acids is 1. The number of imidazole rings is 1. The van der Waals surface area contributed by atoms with E-state index in [1.54, 1.807) is 4.57 Å². The summed E-state index contributed by atoms with van der Waals surface area (Å²) in [6.07, 6.45) is 1.92. The van der Waals surface area contributed by atoms with E-state index >= 15 is 0 Å². The van der Waals surface area contributed by atoms with Crippen molar-refractivity contribution in [2.45, 2.75) is 13.5 Å². The number of nitrogens with zero attached hydrogens (tertiary/aromatic N) is 2. The van der Waals surface area contributed by atoms with E-state index in [0.717, 1.165) is 21.3 Å². The molecule has 2 aromatic carbocycles. The number of hydrogen-bond acceptors (Lipinski definition) is 2. The highest BCUT2D eigenvalue weighted by atomic mass is 79.9. The van der Waals surface area contributed by atoms with Gasteiger partial charge in [-0.15, -0.1) is 0 Å². The van der Waals surface area contributed by atoms with Gasteiger partial charge in [0.25, 0.3) is 0 Å². The first-order valence-corrected chi connectivity index (χ1v) is 8.45. The van der Waals surface area contributed by atoms with Crippen LogP contribution in [0.2, 0.25) is 0 Å². The van der Waals surface area contributed by atoms with Gasteiger partial charge in [-0.2, -0.15) is 0 Å². The number of carbonyl (C=O) groups is 1. The van der Waals surface area contributed by atoms with Crippen molar-refractivity contribution in [3.8, 4) is 11.3 Å². The van der Waals surface area contributed by atoms with Crippen molar-refractivity contribution in [2.24, 2.45) is 7.05 Å². The molecule has 0 fully saturated rings. The van der Waals surface area contributed by atoms with Crippen LogP contribution < -0.4 is 10.3 Å². The standard InChI is InChI=1S/C19H18BrN3O/c1-13-3-5-15(6-4-13)18(24)12-23-11-17(22(2)19(23)21)14-7-9-16(20)10-8-14/h3-11,21H,12H2,1-2H3/p+1. The Labute approximate surface area is 149 Å². The second-order valence-electron chi connectivity index (χ2n) is 5.86. The second-order valence-corrected chi connectivity index (χ2v) is 6.77. The minimum atomic E-state index is 0.0413. The summed E-state index contributed by atoms with van der Waals surface area (Å²) in [6, 6.07) is 15.6. The van der Waals surface area contributed by atoms with Gasteiger partial charge < -0.3 is 0 Å². The van der Waals surface area contributed by atoms with Crippen molar-refractivity contribution in [3.05, 3.63) is 70.3 Å². The van der Waals surface area contributed by atoms with E-state index in [2.05, 4.69) is 15.9 Å². The van der Waals surface area contributed by atoms with Crippen LogP contribution in [0.15, 0.2) is 59.2 Å². The molecule has 4 nitrogen and oxygen atoms in total. The third-order valence-corrected chi connectivity index (χ3v) is 4.63. The predicted octanol–water partition coefficient (Wildman–Crippen LogP) is 3.52. The Hall–Kier alpha value is -2.40. The van der Waals surface area contributed by atoms with Gasteiger partial charge in [0.15, 0.2) is 5.78 Å². The molecule has 1 heterocycles. The maximum absolute atomic E-state index is 12.5. The summed E-state index contributed by atoms with van der Waals surface area (Å²) in [5, 5.41) is 0. The van der Waals surface area contributed by atoms with E-state index in [9.17, 15) is 4.79 Å². The lowest BCUT2D eigenvalue weighted by Gasteiger charge is -2.01. The summed E-state index contributed by atoms with van der Waals surface area (Å²) < 4.78 is 4.71. The largest absolute Gasteiger partial charge is 0.355 e. The van der Waals surface area contributed by atoms with Crippen LogP contribution in [-0.4, -0.2) is 10.4 Å². The third kappa shape index (κ3) is 3.26. The van der Waals surface area contributed by atoms with E-state index in [0.29, 0.717) is 11.5 Å². The topological polar surface area (TPSA) is 51.9 Å². The van der Waals surface area contributed by atoms with Gasteiger partial charge in [-0.1, -0.05) is 57.9 Å². The van der Waals surface area contributed by atoms with Crippen LogP contribution in [0.25, 0.3) is 11.3 Å². The van der Waals surface area contributed by atoms with Crippen LogP contribution in [-0.2, 0) is 13.6 Å². The fourth-order valence-corrected chi connectivity index (χ4v) is 2.88. The van der Waals surface area contributed by atoms with Gasteiger partial charge in [0, 0.05) is 15.6 Å². The van der Waals surface area contributed by atoms with Gasteiger partial charge in [0.1, 0.15) is 18.4 Å². The minimum absolute atomic E-state index is 0.0413. The molecule has 0 radical (unpaired) electrons. The lowest BCUT2D eigenvalue weighted by Crippen LogP contribution is -2.39. The Morgan fingerprint density at radius 1 is 1.12 bits per heavy atom. The summed E-state index contributed by atoms with van der Waals surface area (Å²) in [7, 11) is 1.90. The Morgan fingerprint density at radius 2 is 1.75 bits per heavy atom. The zero-order chi connectivity index (χ0) is 17.3. The summed E-state index contributed by atoms with van der Waals surface area (Å²) in [6.45, 7) is 2.22. The highest BCUT2D eigenvalue weighted by Crippen LogP contribution is 2.22. The molecule has 0 aliphatic rings. The fourth-order valence-electron chi connectivity index (χ4n) is 2.62. The highest BCUT2D eigenvalue weighted by Gasteiger charge is 2.20. The van der Waals surface area contributed by atoms with Crippen molar-refractivity contribution in [3.63, 3.8) is 0 Å². The van der Waals surface area contributed by atoms with E-state index in [1.807, 2.05) is 73.3 Å². The molecular weight excluding hydrogens is 366 g/mol. The van der Waals surface area contributed by atoms with Crippen molar-refractivity contribution in [1.82, 2.24) is 4.57 Å². The lowest BCUT2D eigenvalue weighted by atomic mass is 10.1. The Kier molecular flexibility index (Phi) is 4.53. The van der Waals surface area contributed by atoms with E-state index in [1.165, 1.54) is 0 Å². The molecule has 0 atom stereocenters.